The summed E-state index contributed by atoms with van der Waals surface area (Å²) >= 11 is 5.87. The van der Waals surface area contributed by atoms with Gasteiger partial charge in [-0.2, -0.15) is 0 Å². The molecule has 0 amide bonds. The summed E-state index contributed by atoms with van der Waals surface area (Å²) < 4.78 is 2.52. The van der Waals surface area contributed by atoms with Gasteiger partial charge in [0.05, 0.1) is 11.9 Å². The van der Waals surface area contributed by atoms with Gasteiger partial charge in [-0.1, -0.05) is 28.9 Å². The number of carbonyl (C=O) groups is 1. The second-order valence-corrected chi connectivity index (χ2v) is 5.45. The van der Waals surface area contributed by atoms with Crippen LogP contribution in [0.1, 0.15) is 10.5 Å². The maximum absolute atomic E-state index is 12.4. The topological polar surface area (TPSA) is 97.9 Å². The molecule has 3 heterocycles. The highest BCUT2D eigenvalue weighted by atomic mass is 35.5. The number of rotatable bonds is 2. The van der Waals surface area contributed by atoms with E-state index < -0.39 is 11.5 Å². The van der Waals surface area contributed by atoms with E-state index in [1.54, 1.807) is 30.5 Å². The van der Waals surface area contributed by atoms with Crippen molar-refractivity contribution < 1.29 is 4.79 Å². The molecule has 24 heavy (non-hydrogen) atoms. The molecule has 0 saturated carbocycles. The fourth-order valence-corrected chi connectivity index (χ4v) is 2.48. The fourth-order valence-electron chi connectivity index (χ4n) is 2.35. The predicted molar refractivity (Wildman–Crippen MR) is 86.0 cm³/mol. The SMILES string of the molecule is O=C(c1nnn2cc(-c3ccc(Cl)cc3)[nH]c(=O)c12)n1ccnc1. The molecule has 0 radical (unpaired) electrons. The number of benzene rings is 1. The van der Waals surface area contributed by atoms with Crippen LogP contribution in [-0.2, 0) is 0 Å². The van der Waals surface area contributed by atoms with Crippen molar-refractivity contribution in [1.82, 2.24) is 29.4 Å². The van der Waals surface area contributed by atoms with E-state index in [-0.39, 0.29) is 11.2 Å². The van der Waals surface area contributed by atoms with Crippen molar-refractivity contribution in [3.05, 3.63) is 70.3 Å². The average Bonchev–Trinajstić information content (AvgIpc) is 3.25. The Kier molecular flexibility index (Phi) is 3.24. The molecule has 8 nitrogen and oxygen atoms in total. The smallest absolute Gasteiger partial charge is 0.286 e. The van der Waals surface area contributed by atoms with E-state index >= 15 is 0 Å². The summed E-state index contributed by atoms with van der Waals surface area (Å²) in [6.45, 7) is 0. The minimum atomic E-state index is -0.479. The Balaban J connectivity index is 1.86. The zero-order valence-corrected chi connectivity index (χ0v) is 12.8. The van der Waals surface area contributed by atoms with E-state index in [1.807, 2.05) is 0 Å². The van der Waals surface area contributed by atoms with Crippen LogP contribution in [0, 0.1) is 0 Å². The van der Waals surface area contributed by atoms with E-state index in [4.69, 9.17) is 11.6 Å². The minimum absolute atomic E-state index is 0.0445. The Labute approximate surface area is 139 Å². The highest BCUT2D eigenvalue weighted by Crippen LogP contribution is 2.19. The second kappa shape index (κ2) is 5.43. The minimum Gasteiger partial charge on any atom is -0.319 e. The van der Waals surface area contributed by atoms with Gasteiger partial charge in [-0.3, -0.25) is 14.2 Å². The number of fused-ring (bicyclic) bond motifs is 1. The summed E-state index contributed by atoms with van der Waals surface area (Å²) in [4.78, 5) is 31.3. The highest BCUT2D eigenvalue weighted by molar-refractivity contribution is 6.30. The first-order chi connectivity index (χ1) is 11.6. The van der Waals surface area contributed by atoms with Crippen LogP contribution in [-0.4, -0.2) is 35.3 Å². The van der Waals surface area contributed by atoms with Gasteiger partial charge in [-0.25, -0.2) is 9.50 Å². The van der Waals surface area contributed by atoms with E-state index in [1.165, 1.54) is 27.8 Å². The number of aromatic amines is 1. The van der Waals surface area contributed by atoms with Crippen molar-refractivity contribution in [2.45, 2.75) is 0 Å². The zero-order chi connectivity index (χ0) is 16.7. The lowest BCUT2D eigenvalue weighted by molar-refractivity contribution is 0.0956. The summed E-state index contributed by atoms with van der Waals surface area (Å²) in [5.74, 6) is -0.479. The van der Waals surface area contributed by atoms with Crippen LogP contribution in [0.25, 0.3) is 16.8 Å². The van der Waals surface area contributed by atoms with Gasteiger partial charge in [0, 0.05) is 17.4 Å². The molecule has 4 aromatic rings. The van der Waals surface area contributed by atoms with Crippen LogP contribution >= 0.6 is 11.6 Å². The van der Waals surface area contributed by atoms with Crippen molar-refractivity contribution in [2.75, 3.05) is 0 Å². The van der Waals surface area contributed by atoms with Crippen LogP contribution in [0.4, 0.5) is 0 Å². The van der Waals surface area contributed by atoms with Crippen molar-refractivity contribution >= 4 is 23.0 Å². The van der Waals surface area contributed by atoms with Crippen molar-refractivity contribution in [1.29, 1.82) is 0 Å². The molecule has 0 aliphatic heterocycles. The molecule has 0 bridgehead atoms. The zero-order valence-electron chi connectivity index (χ0n) is 12.0. The van der Waals surface area contributed by atoms with Gasteiger partial charge in [0.25, 0.3) is 11.5 Å². The van der Waals surface area contributed by atoms with E-state index in [9.17, 15) is 9.59 Å². The van der Waals surface area contributed by atoms with Crippen LogP contribution in [0.5, 0.6) is 0 Å². The standard InChI is InChI=1S/C15H9ClN6O2/c16-10-3-1-9(2-4-10)11-7-22-13(14(23)18-11)12(19-20-22)15(24)21-6-5-17-8-21/h1-8H,(H,18,23). The lowest BCUT2D eigenvalue weighted by Gasteiger charge is -2.03. The van der Waals surface area contributed by atoms with Gasteiger partial charge in [0.15, 0.2) is 11.2 Å². The Bertz CT molecular complexity index is 1100. The molecule has 1 N–H and O–H groups in total. The molecule has 0 fully saturated rings. The van der Waals surface area contributed by atoms with Gasteiger partial charge < -0.3 is 4.98 Å². The first kappa shape index (κ1) is 14.3. The van der Waals surface area contributed by atoms with Gasteiger partial charge in [0.2, 0.25) is 0 Å². The normalized spacial score (nSPS) is 11.0. The number of hydrogen-bond donors (Lipinski definition) is 1. The number of nitrogens with zero attached hydrogens (tertiary/aromatic N) is 5. The Morgan fingerprint density at radius 1 is 1.21 bits per heavy atom. The average molecular weight is 341 g/mol. The molecule has 0 aliphatic rings. The number of imidazole rings is 1. The molecule has 3 aromatic heterocycles. The third-order valence-electron chi connectivity index (χ3n) is 3.51. The summed E-state index contributed by atoms with van der Waals surface area (Å²) in [5, 5.41) is 8.31. The molecule has 0 aliphatic carbocycles. The highest BCUT2D eigenvalue weighted by Gasteiger charge is 2.20. The molecule has 0 saturated heterocycles. The maximum Gasteiger partial charge on any atom is 0.286 e. The fraction of sp³-hybridized carbons (Fsp3) is 0. The quantitative estimate of drug-likeness (QED) is 0.598. The molecule has 9 heteroatoms. The lowest BCUT2D eigenvalue weighted by Crippen LogP contribution is -2.17. The first-order valence-electron chi connectivity index (χ1n) is 6.90. The van der Waals surface area contributed by atoms with Gasteiger partial charge in [-0.15, -0.1) is 5.10 Å². The monoisotopic (exact) mass is 340 g/mol. The molecule has 0 atom stereocenters. The van der Waals surface area contributed by atoms with Crippen molar-refractivity contribution in [2.24, 2.45) is 0 Å². The maximum atomic E-state index is 12.4. The summed E-state index contributed by atoms with van der Waals surface area (Å²) in [5.41, 5.74) is 0.867. The first-order valence-corrected chi connectivity index (χ1v) is 7.28. The molecule has 0 unspecified atom stereocenters. The molecule has 0 spiro atoms. The molecule has 118 valence electrons. The van der Waals surface area contributed by atoms with E-state index in [0.29, 0.717) is 10.7 Å². The van der Waals surface area contributed by atoms with Gasteiger partial charge >= 0.3 is 0 Å². The molecular weight excluding hydrogens is 332 g/mol. The summed E-state index contributed by atoms with van der Waals surface area (Å²) in [6, 6.07) is 6.98. The third kappa shape index (κ3) is 2.29. The van der Waals surface area contributed by atoms with Crippen LogP contribution in [0.2, 0.25) is 5.02 Å². The Morgan fingerprint density at radius 2 is 2.00 bits per heavy atom. The molecule has 4 rings (SSSR count). The van der Waals surface area contributed by atoms with Crippen LogP contribution < -0.4 is 5.56 Å². The molecule has 1 aromatic carbocycles. The van der Waals surface area contributed by atoms with E-state index in [0.717, 1.165) is 5.56 Å². The van der Waals surface area contributed by atoms with Crippen molar-refractivity contribution in [3.8, 4) is 11.3 Å². The van der Waals surface area contributed by atoms with Gasteiger partial charge in [0.1, 0.15) is 6.33 Å². The number of halogens is 1. The summed E-state index contributed by atoms with van der Waals surface area (Å²) in [7, 11) is 0. The number of hydrogen-bond acceptors (Lipinski definition) is 5. The van der Waals surface area contributed by atoms with E-state index in [2.05, 4.69) is 20.3 Å². The number of nitrogens with one attached hydrogen (secondary N) is 1. The molecular formula is C15H9ClN6O2. The van der Waals surface area contributed by atoms with Gasteiger partial charge in [-0.05, 0) is 17.7 Å². The lowest BCUT2D eigenvalue weighted by atomic mass is 10.1. The van der Waals surface area contributed by atoms with Crippen LogP contribution in [0.3, 0.4) is 0 Å². The van der Waals surface area contributed by atoms with Crippen molar-refractivity contribution in [3.63, 3.8) is 0 Å². The Morgan fingerprint density at radius 3 is 2.71 bits per heavy atom. The predicted octanol–water partition coefficient (Wildman–Crippen LogP) is 1.62. The third-order valence-corrected chi connectivity index (χ3v) is 3.76. The van der Waals surface area contributed by atoms with Crippen LogP contribution in [0.15, 0.2) is 54.0 Å². The number of aromatic nitrogens is 6. The largest absolute Gasteiger partial charge is 0.319 e. The number of carbonyl (C=O) groups excluding carboxylic acids is 1. The summed E-state index contributed by atoms with van der Waals surface area (Å²) in [6.07, 6.45) is 5.87. The number of H-pyrrole nitrogens is 1. The second-order valence-electron chi connectivity index (χ2n) is 5.01. The Hall–Kier alpha value is -3.26.